The van der Waals surface area contributed by atoms with Crippen molar-refractivity contribution in [3.63, 3.8) is 0 Å². The first-order valence-electron chi connectivity index (χ1n) is 12.9. The number of benzene rings is 2. The highest BCUT2D eigenvalue weighted by atomic mass is 35.5. The molecule has 1 aliphatic heterocycles. The number of rotatable bonds is 9. The van der Waals surface area contributed by atoms with E-state index >= 15 is 0 Å². The maximum absolute atomic E-state index is 13.4. The van der Waals surface area contributed by atoms with Gasteiger partial charge in [-0.2, -0.15) is 0 Å². The van der Waals surface area contributed by atoms with Crippen LogP contribution >= 0.6 is 34.5 Å². The molecule has 0 unspecified atom stereocenters. The highest BCUT2D eigenvalue weighted by Gasteiger charge is 2.31. The van der Waals surface area contributed by atoms with Crippen molar-refractivity contribution in [2.45, 2.75) is 43.2 Å². The van der Waals surface area contributed by atoms with E-state index in [0.29, 0.717) is 46.7 Å². The quantitative estimate of drug-likeness (QED) is 0.342. The second-order valence-electron chi connectivity index (χ2n) is 10.2. The van der Waals surface area contributed by atoms with Crippen molar-refractivity contribution < 1.29 is 23.1 Å². The number of anilines is 1. The lowest BCUT2D eigenvalue weighted by atomic mass is 10.0. The van der Waals surface area contributed by atoms with Crippen LogP contribution in [-0.4, -0.2) is 68.1 Å². The minimum absolute atomic E-state index is 0.00674. The molecule has 0 aliphatic carbocycles. The number of likely N-dealkylation sites (N-methyl/N-ethyl adjacent to an activating group) is 1. The van der Waals surface area contributed by atoms with Gasteiger partial charge in [0.1, 0.15) is 16.1 Å². The van der Waals surface area contributed by atoms with Gasteiger partial charge >= 0.3 is 0 Å². The molecular formula is C28H33Cl2N3O5S2. The Hall–Kier alpha value is -2.34. The van der Waals surface area contributed by atoms with E-state index in [1.807, 2.05) is 26.1 Å². The van der Waals surface area contributed by atoms with Crippen LogP contribution in [0.4, 0.5) is 5.69 Å². The van der Waals surface area contributed by atoms with Gasteiger partial charge in [-0.1, -0.05) is 42.3 Å². The number of amides is 1. The molecular weight excluding hydrogens is 593 g/mol. The second kappa shape index (κ2) is 13.1. The van der Waals surface area contributed by atoms with Crippen molar-refractivity contribution in [3.05, 3.63) is 75.1 Å². The number of nitrogens with one attached hydrogen (secondary N) is 1. The normalized spacial score (nSPS) is 18.9. The highest BCUT2D eigenvalue weighted by Crippen LogP contribution is 2.31. The molecule has 2 N–H and O–H groups in total. The van der Waals surface area contributed by atoms with E-state index in [0.717, 1.165) is 16.9 Å². The largest absolute Gasteiger partial charge is 0.488 e. The third kappa shape index (κ3) is 7.48. The van der Waals surface area contributed by atoms with E-state index in [1.165, 1.54) is 6.07 Å². The maximum Gasteiger partial charge on any atom is 0.271 e. The lowest BCUT2D eigenvalue weighted by Crippen LogP contribution is -2.47. The summed E-state index contributed by atoms with van der Waals surface area (Å²) in [5.74, 6) is 0.282. The first kappa shape index (κ1) is 30.6. The first-order chi connectivity index (χ1) is 19.0. The van der Waals surface area contributed by atoms with Crippen LogP contribution in [-0.2, 0) is 27.8 Å². The number of thiophene rings is 1. The van der Waals surface area contributed by atoms with Crippen LogP contribution in [0.25, 0.3) is 0 Å². The fraction of sp³-hybridized carbons (Fsp3) is 0.393. The number of halogens is 2. The van der Waals surface area contributed by atoms with Gasteiger partial charge in [0.25, 0.3) is 10.0 Å². The molecule has 0 fully saturated rings. The monoisotopic (exact) mass is 625 g/mol. The maximum atomic E-state index is 13.4. The standard InChI is InChI=1S/C28H33Cl2N3O5S2/c1-18-14-33(19(2)17-34)27(35)13-21-12-22(31-40(36,37)28-5-4-10-39-28)7-9-25(21)38-26(18)16-32(3)15-20-6-8-23(29)24(30)11-20/h4-12,18-19,26,31,34H,13-17H2,1-3H3/t18-,19+,26+/m1/s1. The molecule has 1 aromatic heterocycles. The average molecular weight is 627 g/mol. The van der Waals surface area contributed by atoms with Gasteiger partial charge in [-0.15, -0.1) is 11.3 Å². The molecule has 8 nitrogen and oxygen atoms in total. The highest BCUT2D eigenvalue weighted by molar-refractivity contribution is 7.94. The SMILES string of the molecule is C[C@@H]1CN([C@@H](C)CO)C(=O)Cc2cc(NS(=O)(=O)c3cccs3)ccc2O[C@H]1CN(C)Cc1ccc(Cl)c(Cl)c1. The lowest BCUT2D eigenvalue weighted by Gasteiger charge is -2.34. The first-order valence-corrected chi connectivity index (χ1v) is 16.0. The van der Waals surface area contributed by atoms with Crippen LogP contribution in [0.5, 0.6) is 5.75 Å². The molecule has 2 aromatic carbocycles. The van der Waals surface area contributed by atoms with Crippen molar-refractivity contribution in [1.82, 2.24) is 9.80 Å². The number of fused-ring (bicyclic) bond motifs is 1. The van der Waals surface area contributed by atoms with Crippen LogP contribution in [0.2, 0.25) is 10.0 Å². The summed E-state index contributed by atoms with van der Waals surface area (Å²) >= 11 is 13.4. The van der Waals surface area contributed by atoms with E-state index in [2.05, 4.69) is 9.62 Å². The number of aliphatic hydroxyl groups excluding tert-OH is 1. The zero-order chi connectivity index (χ0) is 29.0. The molecule has 0 saturated carbocycles. The van der Waals surface area contributed by atoms with E-state index in [9.17, 15) is 18.3 Å². The Morgan fingerprint density at radius 3 is 2.65 bits per heavy atom. The molecule has 12 heteroatoms. The van der Waals surface area contributed by atoms with Gasteiger partial charge in [-0.3, -0.25) is 14.4 Å². The molecule has 0 spiro atoms. The molecule has 1 amide bonds. The number of aliphatic hydroxyl groups is 1. The van der Waals surface area contributed by atoms with Crippen LogP contribution in [0.1, 0.15) is 25.0 Å². The van der Waals surface area contributed by atoms with E-state index < -0.39 is 10.0 Å². The molecule has 0 bridgehead atoms. The van der Waals surface area contributed by atoms with Gasteiger partial charge in [0.05, 0.1) is 29.1 Å². The zero-order valence-corrected chi connectivity index (χ0v) is 25.7. The van der Waals surface area contributed by atoms with Crippen molar-refractivity contribution in [1.29, 1.82) is 0 Å². The summed E-state index contributed by atoms with van der Waals surface area (Å²) in [6, 6.07) is 13.4. The Bertz CT molecular complexity index is 1440. The Morgan fingerprint density at radius 1 is 1.20 bits per heavy atom. The third-order valence-corrected chi connectivity index (χ3v) is 10.4. The van der Waals surface area contributed by atoms with Crippen molar-refractivity contribution in [2.24, 2.45) is 5.92 Å². The summed E-state index contributed by atoms with van der Waals surface area (Å²) in [4.78, 5) is 17.2. The van der Waals surface area contributed by atoms with Crippen LogP contribution < -0.4 is 9.46 Å². The minimum Gasteiger partial charge on any atom is -0.488 e. The number of carbonyl (C=O) groups excluding carboxylic acids is 1. The Kier molecular flexibility index (Phi) is 10.0. The van der Waals surface area contributed by atoms with Crippen molar-refractivity contribution in [3.8, 4) is 5.75 Å². The molecule has 3 aromatic rings. The predicted octanol–water partition coefficient (Wildman–Crippen LogP) is 5.14. The fourth-order valence-electron chi connectivity index (χ4n) is 4.65. The Morgan fingerprint density at radius 2 is 1.98 bits per heavy atom. The van der Waals surface area contributed by atoms with Gasteiger partial charge in [-0.05, 0) is 61.3 Å². The zero-order valence-electron chi connectivity index (χ0n) is 22.5. The van der Waals surface area contributed by atoms with E-state index in [4.69, 9.17) is 27.9 Å². The molecule has 3 atom stereocenters. The third-order valence-electron chi connectivity index (χ3n) is 6.86. The molecule has 4 rings (SSSR count). The van der Waals surface area contributed by atoms with Gasteiger partial charge < -0.3 is 14.7 Å². The van der Waals surface area contributed by atoms with Crippen LogP contribution in [0.3, 0.4) is 0 Å². The number of hydrogen-bond donors (Lipinski definition) is 2. The Balaban J connectivity index is 1.62. The van der Waals surface area contributed by atoms with Gasteiger partial charge in [-0.25, -0.2) is 8.42 Å². The van der Waals surface area contributed by atoms with Gasteiger partial charge in [0.15, 0.2) is 0 Å². The summed E-state index contributed by atoms with van der Waals surface area (Å²) in [7, 11) is -1.78. The Labute approximate surface area is 249 Å². The predicted molar refractivity (Wildman–Crippen MR) is 160 cm³/mol. The topological polar surface area (TPSA) is 99.2 Å². The number of carbonyl (C=O) groups is 1. The summed E-state index contributed by atoms with van der Waals surface area (Å²) < 4.78 is 35.0. The average Bonchev–Trinajstić information content (AvgIpc) is 3.46. The molecule has 0 radical (unpaired) electrons. The summed E-state index contributed by atoms with van der Waals surface area (Å²) in [6.07, 6.45) is -0.299. The molecule has 1 aliphatic rings. The van der Waals surface area contributed by atoms with E-state index in [1.54, 1.807) is 47.5 Å². The second-order valence-corrected chi connectivity index (χ2v) is 13.9. The number of ether oxygens (including phenoxy) is 1. The molecule has 216 valence electrons. The minimum atomic E-state index is -3.76. The number of sulfonamides is 1. The van der Waals surface area contributed by atoms with Crippen LogP contribution in [0.15, 0.2) is 58.1 Å². The van der Waals surface area contributed by atoms with Crippen molar-refractivity contribution in [2.75, 3.05) is 31.5 Å². The summed E-state index contributed by atoms with van der Waals surface area (Å²) in [5, 5.41) is 12.6. The summed E-state index contributed by atoms with van der Waals surface area (Å²) in [5.41, 5.74) is 1.91. The fourth-order valence-corrected chi connectivity index (χ4v) is 7.02. The van der Waals surface area contributed by atoms with Crippen LogP contribution in [0, 0.1) is 5.92 Å². The molecule has 40 heavy (non-hydrogen) atoms. The van der Waals surface area contributed by atoms with Crippen molar-refractivity contribution >= 4 is 56.2 Å². The number of nitrogens with zero attached hydrogens (tertiary/aromatic N) is 2. The smallest absolute Gasteiger partial charge is 0.271 e. The number of hydrogen-bond acceptors (Lipinski definition) is 7. The molecule has 0 saturated heterocycles. The van der Waals surface area contributed by atoms with Gasteiger partial charge in [0.2, 0.25) is 5.91 Å². The lowest BCUT2D eigenvalue weighted by molar-refractivity contribution is -0.134. The summed E-state index contributed by atoms with van der Waals surface area (Å²) in [6.45, 7) is 5.21. The molecule has 2 heterocycles. The van der Waals surface area contributed by atoms with E-state index in [-0.39, 0.29) is 41.2 Å². The van der Waals surface area contributed by atoms with Gasteiger partial charge in [0, 0.05) is 36.8 Å².